The fraction of sp³-hybridized carbons (Fsp3) is 0. The molecule has 8 heteroatoms. The normalized spacial score (nSPS) is 13.1. The zero-order chi connectivity index (χ0) is 45.5. The molecule has 9 aromatic carbocycles. The van der Waals surface area contributed by atoms with Crippen molar-refractivity contribution >= 4 is 134 Å². The molecule has 70 heavy (non-hydrogen) atoms. The first kappa shape index (κ1) is 42.6. The first-order chi connectivity index (χ1) is 34.2. The number of imidazole rings is 1. The van der Waals surface area contributed by atoms with Crippen molar-refractivity contribution in [3.63, 3.8) is 0 Å². The van der Waals surface area contributed by atoms with Crippen molar-refractivity contribution in [3.8, 4) is 0 Å². The van der Waals surface area contributed by atoms with Crippen LogP contribution in [0.25, 0.3) is 47.5 Å². The molecule has 14 rings (SSSR count). The molecule has 0 saturated carbocycles. The van der Waals surface area contributed by atoms with E-state index in [1.165, 1.54) is 56.7 Å². The van der Waals surface area contributed by atoms with Gasteiger partial charge in [-0.3, -0.25) is 4.98 Å². The van der Waals surface area contributed by atoms with E-state index in [2.05, 4.69) is 252 Å². The quantitative estimate of drug-likeness (QED) is 0.0691. The molecule has 0 fully saturated rings. The summed E-state index contributed by atoms with van der Waals surface area (Å²) in [6.07, 6.45) is 5.93. The number of para-hydroxylation sites is 1. The molecule has 1 aliphatic rings. The minimum atomic E-state index is -3.21. The smallest absolute Gasteiger partial charge is 0.340 e. The van der Waals surface area contributed by atoms with Crippen LogP contribution in [0.1, 0.15) is 0 Å². The number of nitrogens with zero attached hydrogens (tertiary/aromatic N) is 4. The zero-order valence-corrected chi connectivity index (χ0v) is 42.0. The summed E-state index contributed by atoms with van der Waals surface area (Å²) in [7, 11) is -6.27. The molecule has 0 atom stereocenters. The molecule has 5 heterocycles. The van der Waals surface area contributed by atoms with Gasteiger partial charge in [0.25, 0.3) is 0 Å². The molecule has 1 aliphatic heterocycles. The Kier molecular flexibility index (Phi) is 10.2. The van der Waals surface area contributed by atoms with Crippen molar-refractivity contribution in [2.24, 2.45) is 0 Å². The van der Waals surface area contributed by atoms with Crippen LogP contribution in [0, 0.1) is 12.1 Å². The zero-order valence-electron chi connectivity index (χ0n) is 37.6. The van der Waals surface area contributed by atoms with Crippen molar-refractivity contribution in [1.29, 1.82) is 0 Å². The molecule has 0 unspecified atom stereocenters. The monoisotopic (exact) mass is 1030 g/mol. The molecule has 0 spiro atoms. The summed E-state index contributed by atoms with van der Waals surface area (Å²) in [5.74, 6) is 0.941. The first-order valence-electron chi connectivity index (χ1n) is 23.4. The van der Waals surface area contributed by atoms with Gasteiger partial charge >= 0.3 is 20.4 Å². The van der Waals surface area contributed by atoms with Crippen LogP contribution >= 0.6 is 11.3 Å². The number of thiophene rings is 1. The number of hydrogen-bond acceptors (Lipinski definition) is 4. The number of rotatable bonds is 7. The maximum Gasteiger partial charge on any atom is 2.00 e. The number of hydrogen-bond donors (Lipinski definition) is 0. The molecule has 0 aliphatic carbocycles. The van der Waals surface area contributed by atoms with Gasteiger partial charge in [-0.15, -0.1) is 46.2 Å². The number of fused-ring (bicyclic) bond motifs is 12. The summed E-state index contributed by atoms with van der Waals surface area (Å²) in [6.45, 7) is 0. The van der Waals surface area contributed by atoms with Gasteiger partial charge in [-0.1, -0.05) is 181 Å². The third-order valence-corrected chi connectivity index (χ3v) is 25.3. The van der Waals surface area contributed by atoms with Gasteiger partial charge in [-0.25, -0.2) is 4.98 Å². The van der Waals surface area contributed by atoms with E-state index in [-0.39, 0.29) is 20.4 Å². The van der Waals surface area contributed by atoms with Crippen molar-refractivity contribution in [1.82, 2.24) is 14.4 Å². The van der Waals surface area contributed by atoms with Crippen LogP contribution in [0.4, 0.5) is 17.2 Å². The third-order valence-electron chi connectivity index (χ3n) is 14.5. The SMILES string of the molecule is [Pd+2].[c-]1c(N2c3ccc4c(sc5ccccc54)c3[Si](c3ccccc3)(c3ccccc3)c3cccnc32)cccc1[Si](c1[c-]c2c(cc1)c1ccccc1n1ccnc21)(c1ccccc1)c1ccccc1. The van der Waals surface area contributed by atoms with E-state index < -0.39 is 16.1 Å². The molecule has 4 aromatic heterocycles. The number of anilines is 3. The Bertz CT molecular complexity index is 4030. The van der Waals surface area contributed by atoms with Gasteiger partial charge in [0.15, 0.2) is 8.07 Å². The molecule has 0 bridgehead atoms. The van der Waals surface area contributed by atoms with Crippen molar-refractivity contribution < 1.29 is 20.4 Å². The number of pyridine rings is 2. The van der Waals surface area contributed by atoms with Gasteiger partial charge in [0, 0.05) is 50.0 Å². The van der Waals surface area contributed by atoms with Crippen molar-refractivity contribution in [2.75, 3.05) is 4.90 Å². The van der Waals surface area contributed by atoms with Crippen molar-refractivity contribution in [2.45, 2.75) is 0 Å². The van der Waals surface area contributed by atoms with E-state index in [1.807, 2.05) is 23.7 Å². The predicted molar refractivity (Wildman–Crippen MR) is 294 cm³/mol. The van der Waals surface area contributed by atoms with Gasteiger partial charge in [-0.05, 0) is 60.8 Å². The standard InChI is InChI=1S/C62H40N4SSi2.Pd/c1-5-20-44(21-6-1)68(45-22-7-2-8-23-45,49-34-35-50-51-29-13-15-31-55(51)65-40-39-64-61(65)54(50)42-49)48-28-17-19-43(41-48)66-56-37-36-53-52-30-14-16-32-57(52)67-59(53)60(56)69(46-24-9-3-10-25-46,47-26-11-4-12-27-47)58-33-18-38-63-62(58)66;/h1-40H;/q-2;+2. The van der Waals surface area contributed by atoms with E-state index in [4.69, 9.17) is 9.97 Å². The van der Waals surface area contributed by atoms with Crippen LogP contribution in [0.15, 0.2) is 243 Å². The largest absolute Gasteiger partial charge is 2.00 e. The first-order valence-corrected chi connectivity index (χ1v) is 28.2. The molecule has 0 N–H and O–H groups in total. The molecule has 0 amide bonds. The van der Waals surface area contributed by atoms with E-state index >= 15 is 0 Å². The maximum absolute atomic E-state index is 5.43. The minimum absolute atomic E-state index is 0. The second kappa shape index (κ2) is 16.9. The summed E-state index contributed by atoms with van der Waals surface area (Å²) in [4.78, 5) is 12.8. The Morgan fingerprint density at radius 2 is 1.11 bits per heavy atom. The average Bonchev–Trinajstić information content (AvgIpc) is 4.08. The summed E-state index contributed by atoms with van der Waals surface area (Å²) in [5.41, 5.74) is 4.12. The van der Waals surface area contributed by atoms with Crippen LogP contribution in [-0.4, -0.2) is 30.5 Å². The van der Waals surface area contributed by atoms with Crippen LogP contribution in [0.2, 0.25) is 0 Å². The maximum atomic E-state index is 5.43. The Hall–Kier alpha value is -7.54. The third kappa shape index (κ3) is 6.08. The number of benzene rings is 9. The topological polar surface area (TPSA) is 33.4 Å². The van der Waals surface area contributed by atoms with E-state index in [1.54, 1.807) is 0 Å². The van der Waals surface area contributed by atoms with E-state index in [0.717, 1.165) is 49.5 Å². The number of aromatic nitrogens is 3. The average molecular weight is 1040 g/mol. The molecule has 13 aromatic rings. The Balaban J connectivity index is 0.00000480. The summed E-state index contributed by atoms with van der Waals surface area (Å²) in [5, 5.41) is 16.0. The Morgan fingerprint density at radius 3 is 1.84 bits per heavy atom. The van der Waals surface area contributed by atoms with Crippen LogP contribution < -0.4 is 46.4 Å². The Labute approximate surface area is 425 Å². The van der Waals surface area contributed by atoms with Gasteiger partial charge in [0.1, 0.15) is 13.9 Å². The molecule has 4 nitrogen and oxygen atoms in total. The molecular weight excluding hydrogens is 995 g/mol. The molecular formula is C62H40N4PdSSi2. The van der Waals surface area contributed by atoms with Crippen molar-refractivity contribution in [3.05, 3.63) is 255 Å². The molecule has 0 saturated heterocycles. The van der Waals surface area contributed by atoms with Gasteiger partial charge < -0.3 is 9.30 Å². The fourth-order valence-electron chi connectivity index (χ4n) is 11.7. The van der Waals surface area contributed by atoms with Gasteiger partial charge in [0.2, 0.25) is 0 Å². The fourth-order valence-corrected chi connectivity index (χ4v) is 23.1. The molecule has 0 radical (unpaired) electrons. The van der Waals surface area contributed by atoms with Gasteiger partial charge in [-0.2, -0.15) is 23.4 Å². The summed E-state index contributed by atoms with van der Waals surface area (Å²) >= 11 is 1.92. The van der Waals surface area contributed by atoms with Gasteiger partial charge in [0.05, 0.1) is 5.65 Å². The van der Waals surface area contributed by atoms with E-state index in [9.17, 15) is 0 Å². The summed E-state index contributed by atoms with van der Waals surface area (Å²) in [6, 6.07) is 91.3. The van der Waals surface area contributed by atoms with E-state index in [0.29, 0.717) is 0 Å². The van der Waals surface area contributed by atoms with Crippen LogP contribution in [-0.2, 0) is 20.4 Å². The second-order valence-corrected chi connectivity index (χ2v) is 26.3. The van der Waals surface area contributed by atoms with Crippen LogP contribution in [0.5, 0.6) is 0 Å². The second-order valence-electron chi connectivity index (χ2n) is 17.9. The molecule has 332 valence electrons. The predicted octanol–water partition coefficient (Wildman–Crippen LogP) is 9.54. The minimum Gasteiger partial charge on any atom is -0.340 e. The summed E-state index contributed by atoms with van der Waals surface area (Å²) < 4.78 is 4.82. The van der Waals surface area contributed by atoms with Crippen LogP contribution in [0.3, 0.4) is 0 Å². The Morgan fingerprint density at radius 1 is 0.486 bits per heavy atom.